The van der Waals surface area contributed by atoms with Gasteiger partial charge in [-0.1, -0.05) is 48.0 Å². The predicted molar refractivity (Wildman–Crippen MR) is 116 cm³/mol. The van der Waals surface area contributed by atoms with Gasteiger partial charge in [-0.15, -0.1) is 0 Å². The maximum absolute atomic E-state index is 12.2. The summed E-state index contributed by atoms with van der Waals surface area (Å²) in [7, 11) is 0. The highest BCUT2D eigenvalue weighted by Gasteiger charge is 2.25. The fourth-order valence-electron chi connectivity index (χ4n) is 2.90. The number of carbonyl (C=O) groups excluding carboxylic acids is 1. The van der Waals surface area contributed by atoms with E-state index in [0.29, 0.717) is 21.9 Å². The summed E-state index contributed by atoms with van der Waals surface area (Å²) in [6.45, 7) is 0.194. The molecule has 0 N–H and O–H groups in total. The van der Waals surface area contributed by atoms with Crippen LogP contribution >= 0.6 is 11.6 Å². The summed E-state index contributed by atoms with van der Waals surface area (Å²) in [6.07, 6.45) is 1.61. The van der Waals surface area contributed by atoms with E-state index < -0.39 is 10.9 Å². The van der Waals surface area contributed by atoms with Crippen LogP contribution in [0.5, 0.6) is 5.75 Å². The summed E-state index contributed by atoms with van der Waals surface area (Å²) in [6, 6.07) is 20.3. The number of esters is 1. The average molecular weight is 435 g/mol. The molecule has 0 fully saturated rings. The number of aliphatic imine (C=N–C) groups is 1. The quantitative estimate of drug-likeness (QED) is 0.231. The second-order valence-electron chi connectivity index (χ2n) is 6.60. The first-order valence-electron chi connectivity index (χ1n) is 9.23. The van der Waals surface area contributed by atoms with Crippen molar-refractivity contribution in [3.63, 3.8) is 0 Å². The zero-order chi connectivity index (χ0) is 21.8. The highest BCUT2D eigenvalue weighted by atomic mass is 35.5. The molecular weight excluding hydrogens is 420 g/mol. The standard InChI is InChI=1S/C23H15ClN2O5/c24-20-7-2-1-6-19(20)22-25-21(23(27)31-22)13-15-8-10-18(11-9-15)30-14-16-4-3-5-17(12-16)26(28)29/h1-13H,14H2/b21-13-. The monoisotopic (exact) mass is 434 g/mol. The molecule has 0 aliphatic carbocycles. The van der Waals surface area contributed by atoms with Gasteiger partial charge < -0.3 is 9.47 Å². The number of nitro groups is 1. The Morgan fingerprint density at radius 2 is 1.84 bits per heavy atom. The van der Waals surface area contributed by atoms with Gasteiger partial charge in [-0.05, 0) is 41.5 Å². The van der Waals surface area contributed by atoms with Crippen LogP contribution < -0.4 is 4.74 Å². The molecule has 31 heavy (non-hydrogen) atoms. The van der Waals surface area contributed by atoms with Crippen molar-refractivity contribution in [1.29, 1.82) is 0 Å². The van der Waals surface area contributed by atoms with Crippen LogP contribution in [0.4, 0.5) is 5.69 Å². The number of hydrogen-bond acceptors (Lipinski definition) is 6. The van der Waals surface area contributed by atoms with Crippen molar-refractivity contribution in [3.8, 4) is 5.75 Å². The summed E-state index contributed by atoms with van der Waals surface area (Å²) >= 11 is 6.14. The molecule has 154 valence electrons. The van der Waals surface area contributed by atoms with Gasteiger partial charge in [0.2, 0.25) is 5.90 Å². The van der Waals surface area contributed by atoms with Gasteiger partial charge >= 0.3 is 5.97 Å². The number of benzene rings is 3. The van der Waals surface area contributed by atoms with Crippen molar-refractivity contribution in [1.82, 2.24) is 0 Å². The lowest BCUT2D eigenvalue weighted by molar-refractivity contribution is -0.384. The van der Waals surface area contributed by atoms with Crippen LogP contribution in [0.25, 0.3) is 6.08 Å². The van der Waals surface area contributed by atoms with E-state index in [0.717, 1.165) is 5.56 Å². The van der Waals surface area contributed by atoms with Crippen molar-refractivity contribution >= 4 is 35.2 Å². The van der Waals surface area contributed by atoms with Gasteiger partial charge in [0.25, 0.3) is 5.69 Å². The summed E-state index contributed by atoms with van der Waals surface area (Å²) < 4.78 is 10.9. The topological polar surface area (TPSA) is 91.0 Å². The molecule has 0 unspecified atom stereocenters. The largest absolute Gasteiger partial charge is 0.489 e. The lowest BCUT2D eigenvalue weighted by Crippen LogP contribution is -2.05. The number of non-ortho nitro benzene ring substituents is 1. The Labute approximate surface area is 182 Å². The van der Waals surface area contributed by atoms with Crippen LogP contribution in [-0.2, 0) is 16.1 Å². The Balaban J connectivity index is 1.45. The van der Waals surface area contributed by atoms with Crippen LogP contribution in [-0.4, -0.2) is 16.8 Å². The van der Waals surface area contributed by atoms with Gasteiger partial charge in [-0.25, -0.2) is 9.79 Å². The molecule has 7 nitrogen and oxygen atoms in total. The highest BCUT2D eigenvalue weighted by molar-refractivity contribution is 6.34. The fourth-order valence-corrected chi connectivity index (χ4v) is 3.12. The number of rotatable bonds is 6. The number of halogens is 1. The first kappa shape index (κ1) is 20.3. The molecule has 0 radical (unpaired) electrons. The molecule has 3 aromatic carbocycles. The summed E-state index contributed by atoms with van der Waals surface area (Å²) in [4.78, 5) is 26.8. The average Bonchev–Trinajstić information content (AvgIpc) is 3.13. The Kier molecular flexibility index (Phi) is 5.77. The van der Waals surface area contributed by atoms with Crippen LogP contribution in [0.3, 0.4) is 0 Å². The molecule has 0 saturated carbocycles. The van der Waals surface area contributed by atoms with Crippen molar-refractivity contribution in [3.05, 3.63) is 110 Å². The second-order valence-corrected chi connectivity index (χ2v) is 7.01. The number of cyclic esters (lactones) is 1. The van der Waals surface area contributed by atoms with Crippen molar-refractivity contribution in [2.24, 2.45) is 4.99 Å². The number of nitro benzene ring substituents is 1. The van der Waals surface area contributed by atoms with Crippen molar-refractivity contribution in [2.75, 3.05) is 0 Å². The van der Waals surface area contributed by atoms with Gasteiger partial charge in [-0.3, -0.25) is 10.1 Å². The molecule has 1 aliphatic heterocycles. The van der Waals surface area contributed by atoms with E-state index in [-0.39, 0.29) is 23.9 Å². The smallest absolute Gasteiger partial charge is 0.363 e. The molecule has 4 rings (SSSR count). The van der Waals surface area contributed by atoms with E-state index in [1.54, 1.807) is 66.7 Å². The van der Waals surface area contributed by atoms with Crippen LogP contribution in [0.2, 0.25) is 5.02 Å². The molecule has 0 amide bonds. The Morgan fingerprint density at radius 1 is 1.06 bits per heavy atom. The van der Waals surface area contributed by atoms with Gasteiger partial charge in [0.05, 0.1) is 15.5 Å². The van der Waals surface area contributed by atoms with Crippen molar-refractivity contribution in [2.45, 2.75) is 6.61 Å². The lowest BCUT2D eigenvalue weighted by Gasteiger charge is -2.06. The van der Waals surface area contributed by atoms with E-state index in [2.05, 4.69) is 4.99 Å². The normalized spacial score (nSPS) is 14.3. The first-order valence-corrected chi connectivity index (χ1v) is 9.61. The maximum Gasteiger partial charge on any atom is 0.363 e. The van der Waals surface area contributed by atoms with E-state index in [9.17, 15) is 14.9 Å². The Bertz CT molecular complexity index is 1220. The number of hydrogen-bond donors (Lipinski definition) is 0. The molecule has 8 heteroatoms. The Morgan fingerprint density at radius 3 is 2.58 bits per heavy atom. The molecule has 0 aromatic heterocycles. The molecule has 0 spiro atoms. The molecule has 3 aromatic rings. The number of nitrogens with zero attached hydrogens (tertiary/aromatic N) is 2. The van der Waals surface area contributed by atoms with Crippen LogP contribution in [0, 0.1) is 10.1 Å². The second kappa shape index (κ2) is 8.81. The fraction of sp³-hybridized carbons (Fsp3) is 0.0435. The highest BCUT2D eigenvalue weighted by Crippen LogP contribution is 2.24. The van der Waals surface area contributed by atoms with Gasteiger partial charge in [0, 0.05) is 12.1 Å². The van der Waals surface area contributed by atoms with Gasteiger partial charge in [0.15, 0.2) is 5.70 Å². The van der Waals surface area contributed by atoms with Gasteiger partial charge in [0.1, 0.15) is 12.4 Å². The van der Waals surface area contributed by atoms with Crippen LogP contribution in [0.1, 0.15) is 16.7 Å². The summed E-state index contributed by atoms with van der Waals surface area (Å²) in [5.41, 5.74) is 2.16. The molecular formula is C23H15ClN2O5. The SMILES string of the molecule is O=C1OC(c2ccccc2Cl)=N/C1=C\c1ccc(OCc2cccc([N+](=O)[O-])c2)cc1. The van der Waals surface area contributed by atoms with E-state index in [4.69, 9.17) is 21.1 Å². The summed E-state index contributed by atoms with van der Waals surface area (Å²) in [5, 5.41) is 11.3. The zero-order valence-electron chi connectivity index (χ0n) is 16.0. The third-order valence-electron chi connectivity index (χ3n) is 4.44. The van der Waals surface area contributed by atoms with E-state index in [1.807, 2.05) is 0 Å². The molecule has 1 aliphatic rings. The lowest BCUT2D eigenvalue weighted by atomic mass is 10.2. The maximum atomic E-state index is 12.2. The molecule has 0 atom stereocenters. The minimum atomic E-state index is -0.555. The first-order chi connectivity index (χ1) is 15.0. The molecule has 1 heterocycles. The van der Waals surface area contributed by atoms with E-state index in [1.165, 1.54) is 12.1 Å². The van der Waals surface area contributed by atoms with E-state index >= 15 is 0 Å². The minimum Gasteiger partial charge on any atom is -0.489 e. The third kappa shape index (κ3) is 4.79. The number of ether oxygens (including phenoxy) is 2. The summed E-state index contributed by atoms with van der Waals surface area (Å²) in [5.74, 6) is 0.197. The zero-order valence-corrected chi connectivity index (χ0v) is 16.8. The van der Waals surface area contributed by atoms with Crippen molar-refractivity contribution < 1.29 is 19.2 Å². The number of carbonyl (C=O) groups is 1. The third-order valence-corrected chi connectivity index (χ3v) is 4.76. The minimum absolute atomic E-state index is 0.0169. The predicted octanol–water partition coefficient (Wildman–Crippen LogP) is 5.17. The Hall–Kier alpha value is -3.97. The van der Waals surface area contributed by atoms with Gasteiger partial charge in [-0.2, -0.15) is 0 Å². The van der Waals surface area contributed by atoms with Crippen LogP contribution in [0.15, 0.2) is 83.5 Å². The molecule has 0 bridgehead atoms. The molecule has 0 saturated heterocycles.